The van der Waals surface area contributed by atoms with E-state index < -0.39 is 5.54 Å². The van der Waals surface area contributed by atoms with Crippen molar-refractivity contribution in [1.82, 2.24) is 4.90 Å². The summed E-state index contributed by atoms with van der Waals surface area (Å²) in [5.74, 6) is -0.168. The first-order chi connectivity index (χ1) is 7.10. The van der Waals surface area contributed by atoms with Crippen LogP contribution in [-0.4, -0.2) is 35.3 Å². The summed E-state index contributed by atoms with van der Waals surface area (Å²) in [5.41, 5.74) is 0.165. The van der Waals surface area contributed by atoms with Crippen molar-refractivity contribution in [2.24, 2.45) is 0 Å². The minimum absolute atomic E-state index is 0.101. The minimum atomic E-state index is -0.718. The van der Waals surface area contributed by atoms with E-state index in [-0.39, 0.29) is 18.2 Å². The van der Waals surface area contributed by atoms with Crippen molar-refractivity contribution in [3.63, 3.8) is 0 Å². The number of carbonyl (C=O) groups excluding carboxylic acids is 2. The van der Waals surface area contributed by atoms with Crippen LogP contribution in [0.2, 0.25) is 0 Å². The third-order valence-electron chi connectivity index (χ3n) is 3.21. The highest BCUT2D eigenvalue weighted by Crippen LogP contribution is 2.43. The smallest absolute Gasteiger partial charge is 0.332 e. The maximum absolute atomic E-state index is 11.9. The first-order valence-corrected chi connectivity index (χ1v) is 5.24. The van der Waals surface area contributed by atoms with Gasteiger partial charge in [0.05, 0.1) is 13.2 Å². The Bertz CT molecular complexity index is 337. The van der Waals surface area contributed by atoms with Gasteiger partial charge in [-0.3, -0.25) is 4.79 Å². The van der Waals surface area contributed by atoms with Crippen LogP contribution in [0.25, 0.3) is 0 Å². The monoisotopic (exact) mass is 209 g/mol. The van der Waals surface area contributed by atoms with E-state index in [1.807, 2.05) is 4.90 Å². The highest BCUT2D eigenvalue weighted by atomic mass is 16.5. The van der Waals surface area contributed by atoms with Gasteiger partial charge in [-0.1, -0.05) is 6.58 Å². The quantitative estimate of drug-likeness (QED) is 0.633. The van der Waals surface area contributed by atoms with Crippen LogP contribution in [0.4, 0.5) is 0 Å². The standard InChI is InChI=1S/C11H15NO3/c1-3-15-10(14)11-5-4-8(2)12(11)7-9(13)6-11/h2-7H2,1H3. The largest absolute Gasteiger partial charge is 0.464 e. The molecular formula is C11H15NO3. The average Bonchev–Trinajstić information content (AvgIpc) is 2.66. The van der Waals surface area contributed by atoms with E-state index in [1.165, 1.54) is 0 Å². The maximum atomic E-state index is 11.9. The van der Waals surface area contributed by atoms with E-state index >= 15 is 0 Å². The molecule has 2 fully saturated rings. The molecule has 2 aliphatic rings. The van der Waals surface area contributed by atoms with Gasteiger partial charge in [0.1, 0.15) is 5.54 Å². The summed E-state index contributed by atoms with van der Waals surface area (Å²) in [7, 11) is 0. The third-order valence-corrected chi connectivity index (χ3v) is 3.21. The molecule has 82 valence electrons. The van der Waals surface area contributed by atoms with Gasteiger partial charge in [0.2, 0.25) is 0 Å². The molecule has 0 spiro atoms. The van der Waals surface area contributed by atoms with E-state index in [9.17, 15) is 9.59 Å². The van der Waals surface area contributed by atoms with Crippen molar-refractivity contribution in [3.8, 4) is 0 Å². The Morgan fingerprint density at radius 1 is 1.67 bits per heavy atom. The van der Waals surface area contributed by atoms with Crippen LogP contribution in [0.5, 0.6) is 0 Å². The SMILES string of the molecule is C=C1CCC2(C(=O)OCC)CC(=O)CN12. The Balaban J connectivity index is 2.28. The lowest BCUT2D eigenvalue weighted by molar-refractivity contribution is -0.154. The first kappa shape index (κ1) is 10.2. The minimum Gasteiger partial charge on any atom is -0.464 e. The van der Waals surface area contributed by atoms with Crippen LogP contribution in [0.15, 0.2) is 12.3 Å². The van der Waals surface area contributed by atoms with Crippen molar-refractivity contribution in [3.05, 3.63) is 12.3 Å². The second-order valence-corrected chi connectivity index (χ2v) is 4.12. The molecular weight excluding hydrogens is 194 g/mol. The number of ether oxygens (including phenoxy) is 1. The number of hydrogen-bond acceptors (Lipinski definition) is 4. The number of rotatable bonds is 2. The maximum Gasteiger partial charge on any atom is 0.332 e. The Hall–Kier alpha value is -1.32. The van der Waals surface area contributed by atoms with Gasteiger partial charge in [0, 0.05) is 12.1 Å². The van der Waals surface area contributed by atoms with Crippen LogP contribution in [0.3, 0.4) is 0 Å². The molecule has 2 rings (SSSR count). The predicted octanol–water partition coefficient (Wildman–Crippen LogP) is 0.871. The number of Topliss-reactive ketones (excluding diaryl/α,β-unsaturated/α-hetero) is 1. The van der Waals surface area contributed by atoms with E-state index in [2.05, 4.69) is 6.58 Å². The first-order valence-electron chi connectivity index (χ1n) is 5.24. The molecule has 0 aliphatic carbocycles. The molecule has 1 unspecified atom stereocenters. The van der Waals surface area contributed by atoms with Gasteiger partial charge in [-0.15, -0.1) is 0 Å². The fraction of sp³-hybridized carbons (Fsp3) is 0.636. The van der Waals surface area contributed by atoms with Crippen molar-refractivity contribution in [1.29, 1.82) is 0 Å². The highest BCUT2D eigenvalue weighted by Gasteiger charge is 2.55. The second kappa shape index (κ2) is 3.36. The van der Waals surface area contributed by atoms with Gasteiger partial charge in [-0.05, 0) is 19.8 Å². The molecule has 1 atom stereocenters. The molecule has 0 N–H and O–H groups in total. The Kier molecular flexibility index (Phi) is 2.29. The predicted molar refractivity (Wildman–Crippen MR) is 54.1 cm³/mol. The molecule has 2 aliphatic heterocycles. The van der Waals surface area contributed by atoms with Crippen LogP contribution in [0.1, 0.15) is 26.2 Å². The summed E-state index contributed by atoms with van der Waals surface area (Å²) in [5, 5.41) is 0. The molecule has 0 aromatic rings. The van der Waals surface area contributed by atoms with Crippen molar-refractivity contribution >= 4 is 11.8 Å². The fourth-order valence-corrected chi connectivity index (χ4v) is 2.48. The van der Waals surface area contributed by atoms with Crippen LogP contribution in [-0.2, 0) is 14.3 Å². The molecule has 4 nitrogen and oxygen atoms in total. The number of carbonyl (C=O) groups is 2. The molecule has 4 heteroatoms. The summed E-state index contributed by atoms with van der Waals surface area (Å²) in [4.78, 5) is 25.1. The molecule has 2 saturated heterocycles. The summed E-state index contributed by atoms with van der Waals surface area (Å²) in [6, 6.07) is 0. The lowest BCUT2D eigenvalue weighted by atomic mass is 9.94. The highest BCUT2D eigenvalue weighted by molar-refractivity contribution is 5.95. The van der Waals surface area contributed by atoms with Crippen molar-refractivity contribution in [2.75, 3.05) is 13.2 Å². The topological polar surface area (TPSA) is 46.6 Å². The lowest BCUT2D eigenvalue weighted by Crippen LogP contribution is -2.46. The number of esters is 1. The van der Waals surface area contributed by atoms with Gasteiger partial charge >= 0.3 is 5.97 Å². The average molecular weight is 209 g/mol. The zero-order chi connectivity index (χ0) is 11.1. The Morgan fingerprint density at radius 2 is 2.40 bits per heavy atom. The van der Waals surface area contributed by atoms with Crippen molar-refractivity contribution in [2.45, 2.75) is 31.7 Å². The molecule has 15 heavy (non-hydrogen) atoms. The number of allylic oxidation sites excluding steroid dienone is 1. The molecule has 0 bridgehead atoms. The fourth-order valence-electron chi connectivity index (χ4n) is 2.48. The Labute approximate surface area is 88.9 Å². The summed E-state index contributed by atoms with van der Waals surface area (Å²) in [6.07, 6.45) is 1.73. The molecule has 0 amide bonds. The molecule has 0 saturated carbocycles. The number of fused-ring (bicyclic) bond motifs is 1. The molecule has 0 radical (unpaired) electrons. The van der Waals surface area contributed by atoms with Gasteiger partial charge in [0.15, 0.2) is 5.78 Å². The van der Waals surface area contributed by atoms with Gasteiger partial charge in [-0.2, -0.15) is 0 Å². The van der Waals surface area contributed by atoms with Crippen molar-refractivity contribution < 1.29 is 14.3 Å². The normalized spacial score (nSPS) is 29.5. The summed E-state index contributed by atoms with van der Waals surface area (Å²) in [6.45, 7) is 6.34. The van der Waals surface area contributed by atoms with E-state index in [0.29, 0.717) is 19.6 Å². The zero-order valence-electron chi connectivity index (χ0n) is 8.91. The molecule has 0 aromatic heterocycles. The number of nitrogens with zero attached hydrogens (tertiary/aromatic N) is 1. The van der Waals surface area contributed by atoms with Gasteiger partial charge in [0.25, 0.3) is 0 Å². The van der Waals surface area contributed by atoms with E-state index in [4.69, 9.17) is 4.74 Å². The molecule has 0 aromatic carbocycles. The molecule has 2 heterocycles. The number of hydrogen-bond donors (Lipinski definition) is 0. The number of ketones is 1. The van der Waals surface area contributed by atoms with Crippen LogP contribution >= 0.6 is 0 Å². The van der Waals surface area contributed by atoms with Crippen LogP contribution < -0.4 is 0 Å². The zero-order valence-corrected chi connectivity index (χ0v) is 8.91. The van der Waals surface area contributed by atoms with Gasteiger partial charge in [-0.25, -0.2) is 4.79 Å². The van der Waals surface area contributed by atoms with E-state index in [0.717, 1.165) is 12.1 Å². The van der Waals surface area contributed by atoms with Gasteiger partial charge < -0.3 is 9.64 Å². The summed E-state index contributed by atoms with van der Waals surface area (Å²) >= 11 is 0. The van der Waals surface area contributed by atoms with E-state index in [1.54, 1.807) is 6.92 Å². The third kappa shape index (κ3) is 1.35. The second-order valence-electron chi connectivity index (χ2n) is 4.12. The Morgan fingerprint density at radius 3 is 3.07 bits per heavy atom. The van der Waals surface area contributed by atoms with Crippen LogP contribution in [0, 0.1) is 0 Å². The lowest BCUT2D eigenvalue weighted by Gasteiger charge is -2.29. The summed E-state index contributed by atoms with van der Waals surface area (Å²) < 4.78 is 5.05.